The fraction of sp³-hybridized carbons (Fsp3) is 1.00. The summed E-state index contributed by atoms with van der Waals surface area (Å²) in [5.41, 5.74) is 5.49. The first-order valence-electron chi connectivity index (χ1n) is 4.67. The minimum absolute atomic E-state index is 0.151. The molecule has 2 N–H and O–H groups in total. The lowest BCUT2D eigenvalue weighted by Crippen LogP contribution is -2.29. The van der Waals surface area contributed by atoms with E-state index in [1.807, 2.05) is 13.8 Å². The SMILES string of the molecule is CCOCC(C)OC(CC)CN. The molecular formula is C9H21NO2. The third-order valence-electron chi connectivity index (χ3n) is 1.70. The van der Waals surface area contributed by atoms with Crippen molar-refractivity contribution in [2.24, 2.45) is 5.73 Å². The Morgan fingerprint density at radius 1 is 1.33 bits per heavy atom. The first-order valence-corrected chi connectivity index (χ1v) is 4.67. The second-order valence-electron chi connectivity index (χ2n) is 2.87. The van der Waals surface area contributed by atoms with E-state index in [4.69, 9.17) is 15.2 Å². The molecule has 2 unspecified atom stereocenters. The monoisotopic (exact) mass is 175 g/mol. The van der Waals surface area contributed by atoms with Crippen LogP contribution in [0.3, 0.4) is 0 Å². The summed E-state index contributed by atoms with van der Waals surface area (Å²) in [5, 5.41) is 0. The van der Waals surface area contributed by atoms with Crippen molar-refractivity contribution in [2.45, 2.75) is 39.4 Å². The molecule has 0 aliphatic heterocycles. The number of hydrogen-bond acceptors (Lipinski definition) is 3. The van der Waals surface area contributed by atoms with Gasteiger partial charge in [-0.1, -0.05) is 6.92 Å². The summed E-state index contributed by atoms with van der Waals surface area (Å²) in [5.74, 6) is 0. The minimum Gasteiger partial charge on any atom is -0.379 e. The number of rotatable bonds is 7. The largest absolute Gasteiger partial charge is 0.379 e. The Balaban J connectivity index is 3.44. The quantitative estimate of drug-likeness (QED) is 0.631. The van der Waals surface area contributed by atoms with Crippen LogP contribution in [0.2, 0.25) is 0 Å². The van der Waals surface area contributed by atoms with Gasteiger partial charge in [0.1, 0.15) is 0 Å². The van der Waals surface area contributed by atoms with Crippen LogP contribution in [-0.4, -0.2) is 32.0 Å². The zero-order valence-electron chi connectivity index (χ0n) is 8.38. The van der Waals surface area contributed by atoms with E-state index in [2.05, 4.69) is 6.92 Å². The highest BCUT2D eigenvalue weighted by Gasteiger charge is 2.09. The van der Waals surface area contributed by atoms with E-state index in [0.29, 0.717) is 13.2 Å². The average molecular weight is 175 g/mol. The molecule has 0 saturated carbocycles. The Morgan fingerprint density at radius 3 is 2.42 bits per heavy atom. The van der Waals surface area contributed by atoms with Gasteiger partial charge in [-0.25, -0.2) is 0 Å². The van der Waals surface area contributed by atoms with Gasteiger partial charge in [0.05, 0.1) is 18.8 Å². The number of hydrogen-bond donors (Lipinski definition) is 1. The topological polar surface area (TPSA) is 44.5 Å². The van der Waals surface area contributed by atoms with Gasteiger partial charge in [0.25, 0.3) is 0 Å². The van der Waals surface area contributed by atoms with Gasteiger partial charge < -0.3 is 15.2 Å². The van der Waals surface area contributed by atoms with E-state index >= 15 is 0 Å². The highest BCUT2D eigenvalue weighted by atomic mass is 16.5. The van der Waals surface area contributed by atoms with Gasteiger partial charge in [-0.3, -0.25) is 0 Å². The zero-order valence-corrected chi connectivity index (χ0v) is 8.38. The highest BCUT2D eigenvalue weighted by molar-refractivity contribution is 4.58. The van der Waals surface area contributed by atoms with Gasteiger partial charge in [0, 0.05) is 13.2 Å². The summed E-state index contributed by atoms with van der Waals surface area (Å²) in [6, 6.07) is 0. The molecule has 0 radical (unpaired) electrons. The lowest BCUT2D eigenvalue weighted by molar-refractivity contribution is -0.0436. The summed E-state index contributed by atoms with van der Waals surface area (Å²) < 4.78 is 10.8. The summed E-state index contributed by atoms with van der Waals surface area (Å²) in [4.78, 5) is 0. The fourth-order valence-corrected chi connectivity index (χ4v) is 0.970. The molecule has 0 amide bonds. The Kier molecular flexibility index (Phi) is 7.45. The van der Waals surface area contributed by atoms with E-state index < -0.39 is 0 Å². The zero-order chi connectivity index (χ0) is 9.40. The van der Waals surface area contributed by atoms with Gasteiger partial charge in [0.15, 0.2) is 0 Å². The maximum Gasteiger partial charge on any atom is 0.0784 e. The molecule has 12 heavy (non-hydrogen) atoms. The van der Waals surface area contributed by atoms with E-state index in [1.54, 1.807) is 0 Å². The van der Waals surface area contributed by atoms with Crippen molar-refractivity contribution < 1.29 is 9.47 Å². The van der Waals surface area contributed by atoms with E-state index in [1.165, 1.54) is 0 Å². The summed E-state index contributed by atoms with van der Waals surface area (Å²) >= 11 is 0. The van der Waals surface area contributed by atoms with Crippen LogP contribution in [0.1, 0.15) is 27.2 Å². The summed E-state index contributed by atoms with van der Waals surface area (Å²) in [6.07, 6.45) is 1.30. The van der Waals surface area contributed by atoms with Crippen LogP contribution in [0, 0.1) is 0 Å². The smallest absolute Gasteiger partial charge is 0.0784 e. The van der Waals surface area contributed by atoms with E-state index in [9.17, 15) is 0 Å². The maximum absolute atomic E-state index is 5.60. The van der Waals surface area contributed by atoms with E-state index in [-0.39, 0.29) is 12.2 Å². The third kappa shape index (κ3) is 5.52. The molecular weight excluding hydrogens is 154 g/mol. The Labute approximate surface area is 75.2 Å². The molecule has 3 nitrogen and oxygen atoms in total. The molecule has 0 aromatic rings. The third-order valence-corrected chi connectivity index (χ3v) is 1.70. The molecule has 0 rings (SSSR count). The molecule has 0 saturated heterocycles. The Morgan fingerprint density at radius 2 is 2.00 bits per heavy atom. The lowest BCUT2D eigenvalue weighted by atomic mass is 10.3. The van der Waals surface area contributed by atoms with Gasteiger partial charge in [-0.2, -0.15) is 0 Å². The van der Waals surface area contributed by atoms with Crippen LogP contribution in [-0.2, 0) is 9.47 Å². The van der Waals surface area contributed by atoms with Gasteiger partial charge >= 0.3 is 0 Å². The first kappa shape index (κ1) is 11.9. The van der Waals surface area contributed by atoms with Gasteiger partial charge in [-0.05, 0) is 20.3 Å². The predicted molar refractivity (Wildman–Crippen MR) is 50.2 cm³/mol. The van der Waals surface area contributed by atoms with Crippen molar-refractivity contribution in [2.75, 3.05) is 19.8 Å². The van der Waals surface area contributed by atoms with Crippen molar-refractivity contribution in [3.05, 3.63) is 0 Å². The normalized spacial score (nSPS) is 16.0. The molecule has 74 valence electrons. The molecule has 0 aromatic heterocycles. The summed E-state index contributed by atoms with van der Waals surface area (Å²) in [6.45, 7) is 8.05. The van der Waals surface area contributed by atoms with Crippen molar-refractivity contribution in [3.63, 3.8) is 0 Å². The molecule has 2 atom stereocenters. The van der Waals surface area contributed by atoms with Crippen molar-refractivity contribution in [3.8, 4) is 0 Å². The van der Waals surface area contributed by atoms with Crippen molar-refractivity contribution in [1.29, 1.82) is 0 Å². The molecule has 0 aliphatic rings. The van der Waals surface area contributed by atoms with Crippen LogP contribution < -0.4 is 5.73 Å². The van der Waals surface area contributed by atoms with Crippen molar-refractivity contribution in [1.82, 2.24) is 0 Å². The fourth-order valence-electron chi connectivity index (χ4n) is 0.970. The van der Waals surface area contributed by atoms with Crippen LogP contribution in [0.25, 0.3) is 0 Å². The number of ether oxygens (including phenoxy) is 2. The molecule has 0 fully saturated rings. The highest BCUT2D eigenvalue weighted by Crippen LogP contribution is 2.01. The average Bonchev–Trinajstić information content (AvgIpc) is 2.10. The van der Waals surface area contributed by atoms with Crippen LogP contribution in [0.4, 0.5) is 0 Å². The van der Waals surface area contributed by atoms with Crippen molar-refractivity contribution >= 4 is 0 Å². The molecule has 3 heteroatoms. The summed E-state index contributed by atoms with van der Waals surface area (Å²) in [7, 11) is 0. The van der Waals surface area contributed by atoms with Gasteiger partial charge in [-0.15, -0.1) is 0 Å². The number of nitrogens with two attached hydrogens (primary N) is 1. The molecule has 0 spiro atoms. The lowest BCUT2D eigenvalue weighted by Gasteiger charge is -2.19. The predicted octanol–water partition coefficient (Wildman–Crippen LogP) is 1.17. The maximum atomic E-state index is 5.60. The Bertz CT molecular complexity index is 94.5. The van der Waals surface area contributed by atoms with Gasteiger partial charge in [0.2, 0.25) is 0 Å². The minimum atomic E-state index is 0.151. The molecule has 0 aliphatic carbocycles. The van der Waals surface area contributed by atoms with Crippen LogP contribution in [0.15, 0.2) is 0 Å². The second kappa shape index (κ2) is 7.53. The Hall–Kier alpha value is -0.120. The molecule has 0 aromatic carbocycles. The molecule has 0 bridgehead atoms. The van der Waals surface area contributed by atoms with E-state index in [0.717, 1.165) is 13.0 Å². The first-order chi connectivity index (χ1) is 5.74. The second-order valence-corrected chi connectivity index (χ2v) is 2.87. The standard InChI is InChI=1S/C9H21NO2/c1-4-9(6-10)12-8(3)7-11-5-2/h8-9H,4-7,10H2,1-3H3. The molecule has 0 heterocycles. The van der Waals surface area contributed by atoms with Crippen LogP contribution in [0.5, 0.6) is 0 Å². The van der Waals surface area contributed by atoms with Crippen LogP contribution >= 0.6 is 0 Å².